The van der Waals surface area contributed by atoms with Gasteiger partial charge in [-0.05, 0) is 24.8 Å². The van der Waals surface area contributed by atoms with Gasteiger partial charge in [0.2, 0.25) is 0 Å². The summed E-state index contributed by atoms with van der Waals surface area (Å²) in [6.07, 6.45) is 1.15. The molecule has 0 saturated heterocycles. The van der Waals surface area contributed by atoms with Crippen molar-refractivity contribution in [3.8, 4) is 0 Å². The van der Waals surface area contributed by atoms with Gasteiger partial charge in [0.05, 0.1) is 4.88 Å². The topological polar surface area (TPSA) is 78.4 Å². The molecule has 1 rings (SSSR count). The van der Waals surface area contributed by atoms with E-state index in [2.05, 4.69) is 10.6 Å². The number of nitrogens with one attached hydrogen (secondary N) is 2. The monoisotopic (exact) mass is 284 g/mol. The minimum Gasteiger partial charge on any atom is -0.380 e. The Morgan fingerprint density at radius 3 is 2.63 bits per heavy atom. The van der Waals surface area contributed by atoms with Crippen LogP contribution in [0.4, 0.5) is 0 Å². The normalized spacial score (nSPS) is 13.6. The van der Waals surface area contributed by atoms with Crippen molar-refractivity contribution in [2.24, 2.45) is 0 Å². The molecule has 0 bridgehead atoms. The Morgan fingerprint density at radius 2 is 2.05 bits per heavy atom. The molecule has 0 aliphatic carbocycles. The number of aliphatic hydroxyl groups is 1. The van der Waals surface area contributed by atoms with Crippen LogP contribution in [0.5, 0.6) is 0 Å². The molecule has 0 spiro atoms. The van der Waals surface area contributed by atoms with Crippen LogP contribution in [0.3, 0.4) is 0 Å². The average molecular weight is 284 g/mol. The van der Waals surface area contributed by atoms with Crippen molar-refractivity contribution in [2.75, 3.05) is 13.1 Å². The maximum atomic E-state index is 11.7. The van der Waals surface area contributed by atoms with E-state index in [0.29, 0.717) is 24.4 Å². The zero-order valence-electron chi connectivity index (χ0n) is 11.2. The van der Waals surface area contributed by atoms with E-state index in [4.69, 9.17) is 0 Å². The van der Waals surface area contributed by atoms with Crippen LogP contribution >= 0.6 is 11.3 Å². The number of carbonyl (C=O) groups excluding carboxylic acids is 2. The summed E-state index contributed by atoms with van der Waals surface area (Å²) in [6.45, 7) is 4.04. The molecule has 1 aromatic heterocycles. The molecule has 1 unspecified atom stereocenters. The second-order valence-electron chi connectivity index (χ2n) is 4.51. The van der Waals surface area contributed by atoms with Gasteiger partial charge in [-0.1, -0.05) is 19.4 Å². The highest BCUT2D eigenvalue weighted by atomic mass is 32.1. The lowest BCUT2D eigenvalue weighted by Gasteiger charge is -2.21. The molecular formula is C13H20N2O3S. The maximum Gasteiger partial charge on any atom is 0.261 e. The standard InChI is InChI=1S/C13H20N2O3S/c1-3-6-13(2,18)12(17)15-8-7-14-11(16)10-5-4-9-19-10/h4-5,9,18H,3,6-8H2,1-2H3,(H,14,16)(H,15,17). The van der Waals surface area contributed by atoms with Gasteiger partial charge < -0.3 is 15.7 Å². The van der Waals surface area contributed by atoms with E-state index in [9.17, 15) is 14.7 Å². The number of carbonyl (C=O) groups is 2. The second kappa shape index (κ2) is 7.25. The van der Waals surface area contributed by atoms with Gasteiger partial charge in [0, 0.05) is 13.1 Å². The first-order valence-electron chi connectivity index (χ1n) is 6.29. The Bertz CT molecular complexity index is 416. The zero-order chi connectivity index (χ0) is 14.3. The molecular weight excluding hydrogens is 264 g/mol. The van der Waals surface area contributed by atoms with E-state index in [1.165, 1.54) is 18.3 Å². The average Bonchev–Trinajstić information content (AvgIpc) is 2.87. The van der Waals surface area contributed by atoms with Crippen LogP contribution < -0.4 is 10.6 Å². The van der Waals surface area contributed by atoms with E-state index >= 15 is 0 Å². The number of thiophene rings is 1. The van der Waals surface area contributed by atoms with Crippen LogP contribution in [-0.2, 0) is 4.79 Å². The third kappa shape index (κ3) is 5.00. The fraction of sp³-hybridized carbons (Fsp3) is 0.538. The molecule has 1 atom stereocenters. The van der Waals surface area contributed by atoms with E-state index in [1.54, 1.807) is 6.07 Å². The molecule has 3 N–H and O–H groups in total. The first-order chi connectivity index (χ1) is 8.97. The smallest absolute Gasteiger partial charge is 0.261 e. The highest BCUT2D eigenvalue weighted by molar-refractivity contribution is 7.12. The summed E-state index contributed by atoms with van der Waals surface area (Å²) in [5, 5.41) is 17.0. The zero-order valence-corrected chi connectivity index (χ0v) is 12.0. The molecule has 19 heavy (non-hydrogen) atoms. The van der Waals surface area contributed by atoms with Crippen molar-refractivity contribution in [3.05, 3.63) is 22.4 Å². The third-order valence-corrected chi connectivity index (χ3v) is 3.54. The summed E-state index contributed by atoms with van der Waals surface area (Å²) in [4.78, 5) is 23.9. The highest BCUT2D eigenvalue weighted by Crippen LogP contribution is 2.11. The lowest BCUT2D eigenvalue weighted by Crippen LogP contribution is -2.46. The predicted molar refractivity (Wildman–Crippen MR) is 75.2 cm³/mol. The first kappa shape index (κ1) is 15.7. The molecule has 1 aromatic rings. The van der Waals surface area contributed by atoms with Crippen LogP contribution in [-0.4, -0.2) is 35.6 Å². The molecule has 0 aromatic carbocycles. The Hall–Kier alpha value is -1.40. The van der Waals surface area contributed by atoms with Gasteiger partial charge >= 0.3 is 0 Å². The summed E-state index contributed by atoms with van der Waals surface area (Å²) < 4.78 is 0. The van der Waals surface area contributed by atoms with Gasteiger partial charge in [-0.25, -0.2) is 0 Å². The van der Waals surface area contributed by atoms with E-state index in [1.807, 2.05) is 18.4 Å². The summed E-state index contributed by atoms with van der Waals surface area (Å²) in [5.74, 6) is -0.552. The summed E-state index contributed by atoms with van der Waals surface area (Å²) >= 11 is 1.37. The van der Waals surface area contributed by atoms with E-state index in [-0.39, 0.29) is 5.91 Å². The van der Waals surface area contributed by atoms with Crippen LogP contribution in [0.25, 0.3) is 0 Å². The third-order valence-electron chi connectivity index (χ3n) is 2.67. The predicted octanol–water partition coefficient (Wildman–Crippen LogP) is 1.15. The lowest BCUT2D eigenvalue weighted by molar-refractivity contribution is -0.138. The molecule has 0 aliphatic heterocycles. The molecule has 6 heteroatoms. The fourth-order valence-electron chi connectivity index (χ4n) is 1.64. The van der Waals surface area contributed by atoms with Crippen molar-refractivity contribution in [3.63, 3.8) is 0 Å². The molecule has 0 fully saturated rings. The van der Waals surface area contributed by atoms with Gasteiger partial charge in [0.25, 0.3) is 11.8 Å². The van der Waals surface area contributed by atoms with Crippen LogP contribution in [0.2, 0.25) is 0 Å². The van der Waals surface area contributed by atoms with Gasteiger partial charge in [-0.15, -0.1) is 11.3 Å². The summed E-state index contributed by atoms with van der Waals surface area (Å²) in [5.41, 5.74) is -1.34. The van der Waals surface area contributed by atoms with Gasteiger partial charge in [0.15, 0.2) is 0 Å². The summed E-state index contributed by atoms with van der Waals surface area (Å²) in [6, 6.07) is 3.55. The summed E-state index contributed by atoms with van der Waals surface area (Å²) in [7, 11) is 0. The Balaban J connectivity index is 2.24. The van der Waals surface area contributed by atoms with Crippen LogP contribution in [0, 0.1) is 0 Å². The number of hydrogen-bond donors (Lipinski definition) is 3. The molecule has 106 valence electrons. The minimum atomic E-state index is -1.34. The SMILES string of the molecule is CCCC(C)(O)C(=O)NCCNC(=O)c1cccs1. The van der Waals surface area contributed by atoms with E-state index in [0.717, 1.165) is 6.42 Å². The molecule has 2 amide bonds. The van der Waals surface area contributed by atoms with Crippen LogP contribution in [0.1, 0.15) is 36.4 Å². The molecule has 0 aliphatic rings. The van der Waals surface area contributed by atoms with Crippen molar-refractivity contribution in [1.82, 2.24) is 10.6 Å². The van der Waals surface area contributed by atoms with Gasteiger partial charge in [0.1, 0.15) is 5.60 Å². The van der Waals surface area contributed by atoms with Gasteiger partial charge in [-0.3, -0.25) is 9.59 Å². The van der Waals surface area contributed by atoms with E-state index < -0.39 is 11.5 Å². The minimum absolute atomic E-state index is 0.149. The van der Waals surface area contributed by atoms with Gasteiger partial charge in [-0.2, -0.15) is 0 Å². The number of rotatable bonds is 7. The quantitative estimate of drug-likeness (QED) is 0.657. The Labute approximate surface area is 117 Å². The Morgan fingerprint density at radius 1 is 1.37 bits per heavy atom. The second-order valence-corrected chi connectivity index (χ2v) is 5.46. The van der Waals surface area contributed by atoms with Crippen molar-refractivity contribution >= 4 is 23.2 Å². The molecule has 5 nitrogen and oxygen atoms in total. The highest BCUT2D eigenvalue weighted by Gasteiger charge is 2.28. The van der Waals surface area contributed by atoms with Crippen molar-refractivity contribution in [2.45, 2.75) is 32.3 Å². The maximum absolute atomic E-state index is 11.7. The number of hydrogen-bond acceptors (Lipinski definition) is 4. The van der Waals surface area contributed by atoms with Crippen LogP contribution in [0.15, 0.2) is 17.5 Å². The van der Waals surface area contributed by atoms with Crippen molar-refractivity contribution < 1.29 is 14.7 Å². The Kier molecular flexibility index (Phi) is 5.98. The molecule has 1 heterocycles. The molecule has 0 saturated carbocycles. The molecule has 0 radical (unpaired) electrons. The fourth-order valence-corrected chi connectivity index (χ4v) is 2.28. The first-order valence-corrected chi connectivity index (χ1v) is 7.17. The lowest BCUT2D eigenvalue weighted by atomic mass is 10.00. The largest absolute Gasteiger partial charge is 0.380 e. The number of amides is 2. The van der Waals surface area contributed by atoms with Crippen molar-refractivity contribution in [1.29, 1.82) is 0 Å².